The SMILES string of the molecule is Cc1cc(C#Cc2ccccc2)cnc1NC(=O)c1c(Cl)cnn1C1CCN(C(=O)OC(C)(C)C)C1. The zero-order valence-corrected chi connectivity index (χ0v) is 21.5. The van der Waals surface area contributed by atoms with Crippen molar-refractivity contribution in [2.24, 2.45) is 0 Å². The maximum atomic E-state index is 13.2. The Morgan fingerprint density at radius 3 is 2.56 bits per heavy atom. The summed E-state index contributed by atoms with van der Waals surface area (Å²) in [7, 11) is 0. The van der Waals surface area contributed by atoms with Gasteiger partial charge in [0.15, 0.2) is 0 Å². The number of aryl methyl sites for hydroxylation is 1. The van der Waals surface area contributed by atoms with Gasteiger partial charge in [-0.3, -0.25) is 9.48 Å². The lowest BCUT2D eigenvalue weighted by Crippen LogP contribution is -2.35. The van der Waals surface area contributed by atoms with Crippen LogP contribution in [-0.2, 0) is 4.74 Å². The fourth-order valence-electron chi connectivity index (χ4n) is 3.87. The Bertz CT molecular complexity index is 1330. The minimum Gasteiger partial charge on any atom is -0.444 e. The molecule has 8 nitrogen and oxygen atoms in total. The molecule has 1 aromatic carbocycles. The van der Waals surface area contributed by atoms with Gasteiger partial charge in [-0.2, -0.15) is 5.10 Å². The minimum atomic E-state index is -0.581. The van der Waals surface area contributed by atoms with E-state index in [1.165, 1.54) is 6.20 Å². The number of nitrogens with zero attached hydrogens (tertiary/aromatic N) is 4. The largest absolute Gasteiger partial charge is 0.444 e. The molecule has 2 amide bonds. The van der Waals surface area contributed by atoms with Gasteiger partial charge in [-0.05, 0) is 57.9 Å². The Morgan fingerprint density at radius 1 is 1.14 bits per heavy atom. The first-order chi connectivity index (χ1) is 17.1. The van der Waals surface area contributed by atoms with Gasteiger partial charge in [0.1, 0.15) is 17.1 Å². The molecule has 3 aromatic rings. The molecule has 0 bridgehead atoms. The van der Waals surface area contributed by atoms with Crippen LogP contribution >= 0.6 is 11.6 Å². The number of amides is 2. The first-order valence-electron chi connectivity index (χ1n) is 11.7. The van der Waals surface area contributed by atoms with Gasteiger partial charge in [-0.25, -0.2) is 9.78 Å². The smallest absolute Gasteiger partial charge is 0.410 e. The predicted octanol–water partition coefficient (Wildman–Crippen LogP) is 5.07. The van der Waals surface area contributed by atoms with Crippen molar-refractivity contribution in [1.82, 2.24) is 19.7 Å². The highest BCUT2D eigenvalue weighted by Gasteiger charge is 2.33. The lowest BCUT2D eigenvalue weighted by molar-refractivity contribution is 0.0288. The zero-order chi connectivity index (χ0) is 25.9. The monoisotopic (exact) mass is 505 g/mol. The molecule has 9 heteroatoms. The molecule has 0 spiro atoms. The molecular weight excluding hydrogens is 478 g/mol. The fourth-order valence-corrected chi connectivity index (χ4v) is 4.09. The average Bonchev–Trinajstić information content (AvgIpc) is 3.46. The molecule has 4 rings (SSSR count). The number of anilines is 1. The molecule has 1 fully saturated rings. The summed E-state index contributed by atoms with van der Waals surface area (Å²) >= 11 is 6.35. The number of ether oxygens (including phenoxy) is 1. The maximum Gasteiger partial charge on any atom is 0.410 e. The number of nitrogens with one attached hydrogen (secondary N) is 1. The summed E-state index contributed by atoms with van der Waals surface area (Å²) in [6, 6.07) is 11.3. The third-order valence-electron chi connectivity index (χ3n) is 5.56. The van der Waals surface area contributed by atoms with Crippen molar-refractivity contribution in [3.05, 3.63) is 76.2 Å². The van der Waals surface area contributed by atoms with Crippen LogP contribution in [0, 0.1) is 18.8 Å². The van der Waals surface area contributed by atoms with Crippen LogP contribution in [0.4, 0.5) is 10.6 Å². The molecule has 2 aromatic heterocycles. The van der Waals surface area contributed by atoms with Crippen LogP contribution in [0.5, 0.6) is 0 Å². The van der Waals surface area contributed by atoms with E-state index in [1.807, 2.05) is 64.1 Å². The minimum absolute atomic E-state index is 0.199. The first kappa shape index (κ1) is 25.3. The molecule has 0 radical (unpaired) electrons. The molecule has 36 heavy (non-hydrogen) atoms. The van der Waals surface area contributed by atoms with E-state index < -0.39 is 11.5 Å². The molecule has 1 N–H and O–H groups in total. The second-order valence-electron chi connectivity index (χ2n) is 9.61. The number of carbonyl (C=O) groups excluding carboxylic acids is 2. The standard InChI is InChI=1S/C27H28ClN5O3/c1-18-14-20(11-10-19-8-6-5-7-9-19)15-29-24(18)31-25(34)23-22(28)16-30-33(23)21-12-13-32(17-21)26(35)36-27(2,3)4/h5-9,14-16,21H,12-13,17H2,1-4H3,(H,29,31,34). The number of aromatic nitrogens is 3. The number of benzene rings is 1. The van der Waals surface area contributed by atoms with Gasteiger partial charge in [0.2, 0.25) is 0 Å². The van der Waals surface area contributed by atoms with Gasteiger partial charge >= 0.3 is 6.09 Å². The summed E-state index contributed by atoms with van der Waals surface area (Å²) in [6.07, 6.45) is 3.30. The second-order valence-corrected chi connectivity index (χ2v) is 10.0. The molecule has 1 atom stereocenters. The molecular formula is C27H28ClN5O3. The molecule has 0 aliphatic carbocycles. The number of pyridine rings is 1. The molecule has 1 saturated heterocycles. The average molecular weight is 506 g/mol. The highest BCUT2D eigenvalue weighted by molar-refractivity contribution is 6.34. The third kappa shape index (κ3) is 6.04. The summed E-state index contributed by atoms with van der Waals surface area (Å²) in [5, 5.41) is 7.39. The Kier molecular flexibility index (Phi) is 7.32. The molecule has 1 aliphatic heterocycles. The van der Waals surface area contributed by atoms with Gasteiger partial charge in [0.25, 0.3) is 5.91 Å². The van der Waals surface area contributed by atoms with E-state index in [-0.39, 0.29) is 22.9 Å². The van der Waals surface area contributed by atoms with E-state index in [0.29, 0.717) is 25.3 Å². The van der Waals surface area contributed by atoms with Crippen LogP contribution in [0.15, 0.2) is 48.8 Å². The number of hydrogen-bond donors (Lipinski definition) is 1. The number of likely N-dealkylation sites (tertiary alicyclic amines) is 1. The topological polar surface area (TPSA) is 89.4 Å². The Morgan fingerprint density at radius 2 is 1.86 bits per heavy atom. The van der Waals surface area contributed by atoms with Crippen molar-refractivity contribution < 1.29 is 14.3 Å². The van der Waals surface area contributed by atoms with E-state index in [1.54, 1.807) is 15.8 Å². The summed E-state index contributed by atoms with van der Waals surface area (Å²) in [4.78, 5) is 31.6. The van der Waals surface area contributed by atoms with Crippen LogP contribution in [0.3, 0.4) is 0 Å². The van der Waals surface area contributed by atoms with Crippen molar-refractivity contribution in [3.8, 4) is 11.8 Å². The second kappa shape index (κ2) is 10.4. The van der Waals surface area contributed by atoms with Crippen molar-refractivity contribution in [2.75, 3.05) is 18.4 Å². The van der Waals surface area contributed by atoms with Gasteiger partial charge in [0, 0.05) is 30.4 Å². The predicted molar refractivity (Wildman–Crippen MR) is 138 cm³/mol. The lowest BCUT2D eigenvalue weighted by Gasteiger charge is -2.24. The van der Waals surface area contributed by atoms with E-state index in [4.69, 9.17) is 16.3 Å². The number of rotatable bonds is 3. The number of hydrogen-bond acceptors (Lipinski definition) is 5. The van der Waals surface area contributed by atoms with Crippen LogP contribution in [-0.4, -0.2) is 50.4 Å². The highest BCUT2D eigenvalue weighted by atomic mass is 35.5. The van der Waals surface area contributed by atoms with E-state index in [0.717, 1.165) is 16.7 Å². The van der Waals surface area contributed by atoms with Crippen LogP contribution in [0.25, 0.3) is 0 Å². The molecule has 0 saturated carbocycles. The summed E-state index contributed by atoms with van der Waals surface area (Å²) in [6.45, 7) is 8.21. The van der Waals surface area contributed by atoms with Gasteiger partial charge in [-0.1, -0.05) is 41.6 Å². The summed E-state index contributed by atoms with van der Waals surface area (Å²) in [5.74, 6) is 6.18. The van der Waals surface area contributed by atoms with Crippen LogP contribution < -0.4 is 5.32 Å². The molecule has 1 aliphatic rings. The quantitative estimate of drug-likeness (QED) is 0.502. The van der Waals surface area contributed by atoms with Crippen LogP contribution in [0.1, 0.15) is 60.4 Å². The van der Waals surface area contributed by atoms with Crippen molar-refractivity contribution >= 4 is 29.4 Å². The van der Waals surface area contributed by atoms with Crippen molar-refractivity contribution in [1.29, 1.82) is 0 Å². The van der Waals surface area contributed by atoms with E-state index in [9.17, 15) is 9.59 Å². The molecule has 1 unspecified atom stereocenters. The van der Waals surface area contributed by atoms with Crippen LogP contribution in [0.2, 0.25) is 5.02 Å². The van der Waals surface area contributed by atoms with Gasteiger partial charge in [-0.15, -0.1) is 0 Å². The fraction of sp³-hybridized carbons (Fsp3) is 0.333. The Hall–Kier alpha value is -3.83. The number of halogens is 1. The van der Waals surface area contributed by atoms with Crippen molar-refractivity contribution in [3.63, 3.8) is 0 Å². The number of carbonyl (C=O) groups is 2. The Labute approximate surface area is 215 Å². The molecule has 186 valence electrons. The van der Waals surface area contributed by atoms with E-state index >= 15 is 0 Å². The maximum absolute atomic E-state index is 13.2. The Balaban J connectivity index is 1.47. The zero-order valence-electron chi connectivity index (χ0n) is 20.7. The van der Waals surface area contributed by atoms with Gasteiger partial charge < -0.3 is 15.0 Å². The third-order valence-corrected chi connectivity index (χ3v) is 5.84. The summed E-state index contributed by atoms with van der Waals surface area (Å²) < 4.78 is 7.05. The normalized spacial score (nSPS) is 15.2. The molecule has 3 heterocycles. The van der Waals surface area contributed by atoms with E-state index in [2.05, 4.69) is 27.2 Å². The van der Waals surface area contributed by atoms with Gasteiger partial charge in [0.05, 0.1) is 17.3 Å². The van der Waals surface area contributed by atoms with Crippen molar-refractivity contribution in [2.45, 2.75) is 45.8 Å². The highest BCUT2D eigenvalue weighted by Crippen LogP contribution is 2.28. The lowest BCUT2D eigenvalue weighted by atomic mass is 10.1. The first-order valence-corrected chi connectivity index (χ1v) is 12.0. The summed E-state index contributed by atoms with van der Waals surface area (Å²) in [5.41, 5.74) is 2.06.